The average Bonchev–Trinajstić information content (AvgIpc) is 2.92. The zero-order valence-electron chi connectivity index (χ0n) is 12.3. The number of benzene rings is 2. The smallest absolute Gasteiger partial charge is 0.339 e. The minimum Gasteiger partial charge on any atom is -0.379 e. The number of aliphatic hydroxyl groups excluding tert-OH is 1. The first kappa shape index (κ1) is 16.6. The topological polar surface area (TPSA) is 78.9 Å². The maximum absolute atomic E-state index is 13.1. The van der Waals surface area contributed by atoms with Crippen molar-refractivity contribution >= 4 is 15.8 Å². The summed E-state index contributed by atoms with van der Waals surface area (Å²) in [6.07, 6.45) is -0.834. The standard InChI is InChI=1S/C15H14F2N2O4S/c16-10-7-11(17)9-13(8-10)23-24(21,22)14-3-1-12(2-4-14)19-6-5-18-15(19)20/h1-4,7-9,15,18,20H,5-6H2. The van der Waals surface area contributed by atoms with Crippen LogP contribution in [0.5, 0.6) is 5.75 Å². The summed E-state index contributed by atoms with van der Waals surface area (Å²) in [7, 11) is -4.23. The molecule has 0 spiro atoms. The van der Waals surface area contributed by atoms with Gasteiger partial charge in [0.15, 0.2) is 6.35 Å². The van der Waals surface area contributed by atoms with E-state index >= 15 is 0 Å². The molecule has 9 heteroatoms. The largest absolute Gasteiger partial charge is 0.379 e. The Labute approximate surface area is 137 Å². The summed E-state index contributed by atoms with van der Waals surface area (Å²) in [5.41, 5.74) is 0.628. The third-order valence-corrected chi connectivity index (χ3v) is 4.74. The Morgan fingerprint density at radius 1 is 1.12 bits per heavy atom. The fourth-order valence-electron chi connectivity index (χ4n) is 2.37. The molecule has 1 unspecified atom stereocenters. The van der Waals surface area contributed by atoms with Crippen molar-refractivity contribution in [2.75, 3.05) is 18.0 Å². The van der Waals surface area contributed by atoms with Crippen molar-refractivity contribution < 1.29 is 26.5 Å². The van der Waals surface area contributed by atoms with Crippen LogP contribution in [0.2, 0.25) is 0 Å². The summed E-state index contributed by atoms with van der Waals surface area (Å²) in [4.78, 5) is 1.48. The first-order chi connectivity index (χ1) is 11.3. The fourth-order valence-corrected chi connectivity index (χ4v) is 3.29. The molecule has 1 saturated heterocycles. The van der Waals surface area contributed by atoms with E-state index in [0.29, 0.717) is 24.8 Å². The Morgan fingerprint density at radius 2 is 1.75 bits per heavy atom. The maximum Gasteiger partial charge on any atom is 0.339 e. The minimum atomic E-state index is -4.23. The molecule has 0 amide bonds. The molecule has 1 heterocycles. The first-order valence-corrected chi connectivity index (χ1v) is 8.45. The van der Waals surface area contributed by atoms with Crippen LogP contribution in [-0.2, 0) is 10.1 Å². The van der Waals surface area contributed by atoms with Gasteiger partial charge in [0.2, 0.25) is 0 Å². The van der Waals surface area contributed by atoms with E-state index in [0.717, 1.165) is 12.1 Å². The van der Waals surface area contributed by atoms with Crippen LogP contribution in [0.15, 0.2) is 47.4 Å². The monoisotopic (exact) mass is 356 g/mol. The van der Waals surface area contributed by atoms with Crippen molar-refractivity contribution in [1.29, 1.82) is 0 Å². The Balaban J connectivity index is 1.82. The number of anilines is 1. The van der Waals surface area contributed by atoms with Crippen LogP contribution in [0.1, 0.15) is 0 Å². The number of aliphatic hydroxyl groups is 1. The van der Waals surface area contributed by atoms with Gasteiger partial charge in [0, 0.05) is 37.0 Å². The summed E-state index contributed by atoms with van der Waals surface area (Å²) >= 11 is 0. The quantitative estimate of drug-likeness (QED) is 0.807. The molecule has 24 heavy (non-hydrogen) atoms. The molecule has 1 atom stereocenters. The second-order valence-corrected chi connectivity index (χ2v) is 6.70. The van der Waals surface area contributed by atoms with Gasteiger partial charge in [0.25, 0.3) is 0 Å². The summed E-state index contributed by atoms with van der Waals surface area (Å²) in [6, 6.07) is 7.79. The van der Waals surface area contributed by atoms with E-state index in [1.54, 1.807) is 4.90 Å². The van der Waals surface area contributed by atoms with Gasteiger partial charge in [-0.25, -0.2) is 8.78 Å². The third kappa shape index (κ3) is 3.48. The van der Waals surface area contributed by atoms with Crippen molar-refractivity contribution in [2.45, 2.75) is 11.2 Å². The van der Waals surface area contributed by atoms with E-state index in [1.165, 1.54) is 24.3 Å². The van der Waals surface area contributed by atoms with Gasteiger partial charge in [-0.2, -0.15) is 8.42 Å². The van der Waals surface area contributed by atoms with E-state index in [4.69, 9.17) is 4.18 Å². The number of halogens is 2. The molecule has 1 aliphatic heterocycles. The maximum atomic E-state index is 13.1. The van der Waals surface area contributed by atoms with E-state index in [2.05, 4.69) is 5.32 Å². The van der Waals surface area contributed by atoms with Crippen molar-refractivity contribution in [3.05, 3.63) is 54.1 Å². The van der Waals surface area contributed by atoms with Crippen molar-refractivity contribution in [3.63, 3.8) is 0 Å². The lowest BCUT2D eigenvalue weighted by atomic mass is 10.3. The molecule has 6 nitrogen and oxygen atoms in total. The van der Waals surface area contributed by atoms with Gasteiger partial charge in [0.1, 0.15) is 22.3 Å². The van der Waals surface area contributed by atoms with Gasteiger partial charge in [-0.1, -0.05) is 0 Å². The van der Waals surface area contributed by atoms with Gasteiger partial charge < -0.3 is 14.2 Å². The van der Waals surface area contributed by atoms with Crippen molar-refractivity contribution in [2.24, 2.45) is 0 Å². The number of nitrogens with one attached hydrogen (secondary N) is 1. The SMILES string of the molecule is O=S(=O)(Oc1cc(F)cc(F)c1)c1ccc(N2CCNC2O)cc1. The van der Waals surface area contributed by atoms with Gasteiger partial charge >= 0.3 is 10.1 Å². The molecule has 0 saturated carbocycles. The molecular weight excluding hydrogens is 342 g/mol. The van der Waals surface area contributed by atoms with Crippen LogP contribution in [0.4, 0.5) is 14.5 Å². The molecule has 0 radical (unpaired) electrons. The second kappa shape index (κ2) is 6.34. The molecule has 0 aliphatic carbocycles. The highest BCUT2D eigenvalue weighted by molar-refractivity contribution is 7.87. The highest BCUT2D eigenvalue weighted by Gasteiger charge is 2.23. The molecule has 128 valence electrons. The van der Waals surface area contributed by atoms with E-state index < -0.39 is 33.9 Å². The van der Waals surface area contributed by atoms with Gasteiger partial charge in [0.05, 0.1) is 0 Å². The van der Waals surface area contributed by atoms with E-state index in [-0.39, 0.29) is 4.90 Å². The number of rotatable bonds is 4. The van der Waals surface area contributed by atoms with E-state index in [9.17, 15) is 22.3 Å². The molecule has 2 N–H and O–H groups in total. The Morgan fingerprint density at radius 3 is 2.29 bits per heavy atom. The van der Waals surface area contributed by atoms with E-state index in [1.807, 2.05) is 0 Å². The zero-order valence-corrected chi connectivity index (χ0v) is 13.1. The molecule has 0 bridgehead atoms. The van der Waals surface area contributed by atoms with Crippen LogP contribution < -0.4 is 14.4 Å². The molecular formula is C15H14F2N2O4S. The molecule has 2 aromatic rings. The zero-order chi connectivity index (χ0) is 17.3. The molecule has 0 aromatic heterocycles. The lowest BCUT2D eigenvalue weighted by molar-refractivity contribution is 0.163. The number of nitrogens with zero attached hydrogens (tertiary/aromatic N) is 1. The summed E-state index contributed by atoms with van der Waals surface area (Å²) in [6.45, 7) is 1.18. The molecule has 1 fully saturated rings. The van der Waals surface area contributed by atoms with Gasteiger partial charge in [-0.05, 0) is 24.3 Å². The second-order valence-electron chi connectivity index (χ2n) is 5.16. The normalized spacial score (nSPS) is 18.0. The van der Waals surface area contributed by atoms with Crippen molar-refractivity contribution in [1.82, 2.24) is 5.32 Å². The lowest BCUT2D eigenvalue weighted by Crippen LogP contribution is -2.35. The highest BCUT2D eigenvalue weighted by atomic mass is 32.2. The highest BCUT2D eigenvalue weighted by Crippen LogP contribution is 2.24. The Bertz CT molecular complexity index is 823. The van der Waals surface area contributed by atoms with Gasteiger partial charge in [-0.15, -0.1) is 0 Å². The number of hydrogen-bond acceptors (Lipinski definition) is 6. The summed E-state index contributed by atoms with van der Waals surface area (Å²) in [5, 5.41) is 12.5. The van der Waals surface area contributed by atoms with Crippen LogP contribution in [0.25, 0.3) is 0 Å². The molecule has 3 rings (SSSR count). The van der Waals surface area contributed by atoms with Crippen LogP contribution in [0.3, 0.4) is 0 Å². The number of hydrogen-bond donors (Lipinski definition) is 2. The minimum absolute atomic E-state index is 0.169. The first-order valence-electron chi connectivity index (χ1n) is 7.04. The van der Waals surface area contributed by atoms with Crippen LogP contribution in [0, 0.1) is 11.6 Å². The summed E-state index contributed by atoms with van der Waals surface area (Å²) in [5.74, 6) is -2.33. The Kier molecular flexibility index (Phi) is 4.39. The fraction of sp³-hybridized carbons (Fsp3) is 0.200. The Hall–Kier alpha value is -2.23. The van der Waals surface area contributed by atoms with Crippen molar-refractivity contribution in [3.8, 4) is 5.75 Å². The molecule has 1 aliphatic rings. The van der Waals surface area contributed by atoms with Crippen LogP contribution in [-0.4, -0.2) is 33.0 Å². The van der Waals surface area contributed by atoms with Crippen LogP contribution >= 0.6 is 0 Å². The predicted molar refractivity (Wildman–Crippen MR) is 82.0 cm³/mol. The molecule has 2 aromatic carbocycles. The summed E-state index contributed by atoms with van der Waals surface area (Å²) < 4.78 is 55.3. The third-order valence-electron chi connectivity index (χ3n) is 3.47. The predicted octanol–water partition coefficient (Wildman–Crippen LogP) is 1.42. The van der Waals surface area contributed by atoms with Gasteiger partial charge in [-0.3, -0.25) is 5.32 Å². The lowest BCUT2D eigenvalue weighted by Gasteiger charge is -2.21. The average molecular weight is 356 g/mol.